The lowest BCUT2D eigenvalue weighted by Crippen LogP contribution is -2.31. The molecule has 2 aromatic heterocycles. The Labute approximate surface area is 172 Å². The second-order valence-corrected chi connectivity index (χ2v) is 7.66. The van der Waals surface area contributed by atoms with Gasteiger partial charge in [-0.15, -0.1) is 5.10 Å². The minimum atomic E-state index is -0.155. The van der Waals surface area contributed by atoms with E-state index in [0.717, 1.165) is 35.9 Å². The Hall–Kier alpha value is -3.19. The van der Waals surface area contributed by atoms with Gasteiger partial charge in [0.05, 0.1) is 27.8 Å². The molecule has 2 heterocycles. The lowest BCUT2D eigenvalue weighted by atomic mass is 9.91. The predicted molar refractivity (Wildman–Crippen MR) is 110 cm³/mol. The zero-order valence-corrected chi connectivity index (χ0v) is 16.6. The van der Waals surface area contributed by atoms with E-state index in [4.69, 9.17) is 11.6 Å². The van der Waals surface area contributed by atoms with Crippen LogP contribution in [0, 0.1) is 6.92 Å². The van der Waals surface area contributed by atoms with Crippen LogP contribution in [-0.4, -0.2) is 31.1 Å². The van der Waals surface area contributed by atoms with Gasteiger partial charge in [-0.1, -0.05) is 35.9 Å². The van der Waals surface area contributed by atoms with Gasteiger partial charge in [0.2, 0.25) is 0 Å². The number of rotatable bonds is 3. The van der Waals surface area contributed by atoms with Gasteiger partial charge in [-0.3, -0.25) is 4.79 Å². The van der Waals surface area contributed by atoms with Gasteiger partial charge in [0.25, 0.3) is 5.91 Å². The standard InChI is InChI=1S/C21H19ClN6O/c1-12-25-26-27-28(12)18-11-3-2-6-15(18)21(29)23-17-10-5-8-14-13-7-4-9-16(22)19(13)24-20(14)17/h2-4,6-7,9,11,17,24H,5,8,10H2,1H3,(H,23,29). The van der Waals surface area contributed by atoms with E-state index in [2.05, 4.69) is 31.9 Å². The maximum absolute atomic E-state index is 13.2. The second-order valence-electron chi connectivity index (χ2n) is 7.25. The molecule has 1 aliphatic carbocycles. The number of benzene rings is 2. The van der Waals surface area contributed by atoms with Gasteiger partial charge in [-0.2, -0.15) is 4.68 Å². The first-order valence-electron chi connectivity index (χ1n) is 9.57. The molecule has 0 saturated heterocycles. The molecule has 1 atom stereocenters. The molecule has 5 rings (SSSR count). The first-order valence-corrected chi connectivity index (χ1v) is 9.95. The molecule has 0 saturated carbocycles. The Bertz CT molecular complexity index is 1230. The summed E-state index contributed by atoms with van der Waals surface area (Å²) >= 11 is 6.38. The molecule has 29 heavy (non-hydrogen) atoms. The van der Waals surface area contributed by atoms with Gasteiger partial charge in [0, 0.05) is 11.1 Å². The van der Waals surface area contributed by atoms with Crippen LogP contribution in [0.3, 0.4) is 0 Å². The Morgan fingerprint density at radius 1 is 1.24 bits per heavy atom. The van der Waals surface area contributed by atoms with Gasteiger partial charge < -0.3 is 10.3 Å². The lowest BCUT2D eigenvalue weighted by molar-refractivity contribution is 0.0932. The van der Waals surface area contributed by atoms with E-state index in [1.165, 1.54) is 5.56 Å². The van der Waals surface area contributed by atoms with Crippen molar-refractivity contribution in [3.05, 3.63) is 70.1 Å². The quantitative estimate of drug-likeness (QED) is 0.539. The summed E-state index contributed by atoms with van der Waals surface area (Å²) < 4.78 is 1.57. The van der Waals surface area contributed by atoms with Crippen LogP contribution in [0.25, 0.3) is 16.6 Å². The molecule has 2 N–H and O–H groups in total. The minimum absolute atomic E-state index is 0.0993. The fourth-order valence-corrected chi connectivity index (χ4v) is 4.36. The van der Waals surface area contributed by atoms with Crippen molar-refractivity contribution in [1.29, 1.82) is 0 Å². The number of H-pyrrole nitrogens is 1. The van der Waals surface area contributed by atoms with Crippen LogP contribution in [-0.2, 0) is 6.42 Å². The zero-order valence-electron chi connectivity index (χ0n) is 15.8. The third kappa shape index (κ3) is 2.98. The van der Waals surface area contributed by atoms with Gasteiger partial charge >= 0.3 is 0 Å². The summed E-state index contributed by atoms with van der Waals surface area (Å²) in [7, 11) is 0. The fraction of sp³-hybridized carbons (Fsp3) is 0.238. The summed E-state index contributed by atoms with van der Waals surface area (Å²) in [5.74, 6) is 0.466. The van der Waals surface area contributed by atoms with Gasteiger partial charge in [-0.05, 0) is 60.4 Å². The fourth-order valence-electron chi connectivity index (χ4n) is 4.14. The number of nitrogens with one attached hydrogen (secondary N) is 2. The molecule has 8 heteroatoms. The van der Waals surface area contributed by atoms with Gasteiger partial charge in [-0.25, -0.2) is 0 Å². The van der Waals surface area contributed by atoms with E-state index >= 15 is 0 Å². The van der Waals surface area contributed by atoms with Crippen LogP contribution in [0.15, 0.2) is 42.5 Å². The number of amides is 1. The Kier molecular flexibility index (Phi) is 4.32. The SMILES string of the molecule is Cc1nnnn1-c1ccccc1C(=O)NC1CCCc2c1[nH]c1c(Cl)cccc21. The summed E-state index contributed by atoms with van der Waals surface area (Å²) in [5, 5.41) is 16.6. The van der Waals surface area contributed by atoms with Crippen molar-refractivity contribution in [3.63, 3.8) is 0 Å². The largest absolute Gasteiger partial charge is 0.355 e. The van der Waals surface area contributed by atoms with Crippen molar-refractivity contribution in [2.75, 3.05) is 0 Å². The average Bonchev–Trinajstić information content (AvgIpc) is 3.33. The number of hydrogen-bond donors (Lipinski definition) is 2. The molecule has 1 aliphatic rings. The highest BCUT2D eigenvalue weighted by Crippen LogP contribution is 2.37. The third-order valence-corrected chi connectivity index (χ3v) is 5.81. The van der Waals surface area contributed by atoms with Gasteiger partial charge in [0.1, 0.15) is 0 Å². The Morgan fingerprint density at radius 3 is 2.93 bits per heavy atom. The van der Waals surface area contributed by atoms with Crippen LogP contribution in [0.1, 0.15) is 46.3 Å². The molecular weight excluding hydrogens is 388 g/mol. The number of aryl methyl sites for hydroxylation is 2. The maximum Gasteiger partial charge on any atom is 0.254 e. The highest BCUT2D eigenvalue weighted by atomic mass is 35.5. The van der Waals surface area contributed by atoms with Crippen LogP contribution >= 0.6 is 11.6 Å². The third-order valence-electron chi connectivity index (χ3n) is 5.50. The molecular formula is C21H19ClN6O. The van der Waals surface area contributed by atoms with E-state index in [0.29, 0.717) is 22.1 Å². The topological polar surface area (TPSA) is 88.5 Å². The zero-order chi connectivity index (χ0) is 20.0. The molecule has 2 aromatic carbocycles. The molecule has 1 amide bonds. The smallest absolute Gasteiger partial charge is 0.254 e. The summed E-state index contributed by atoms with van der Waals surface area (Å²) in [6, 6.07) is 13.2. The highest BCUT2D eigenvalue weighted by molar-refractivity contribution is 6.35. The number of fused-ring (bicyclic) bond motifs is 3. The van der Waals surface area contributed by atoms with E-state index in [9.17, 15) is 4.79 Å². The van der Waals surface area contributed by atoms with Crippen LogP contribution in [0.2, 0.25) is 5.02 Å². The number of carbonyl (C=O) groups excluding carboxylic acids is 1. The van der Waals surface area contributed by atoms with E-state index in [1.54, 1.807) is 17.7 Å². The van der Waals surface area contributed by atoms with E-state index < -0.39 is 0 Å². The molecule has 0 bridgehead atoms. The minimum Gasteiger partial charge on any atom is -0.355 e. The first kappa shape index (κ1) is 17.9. The number of hydrogen-bond acceptors (Lipinski definition) is 4. The number of tetrazole rings is 1. The molecule has 0 radical (unpaired) electrons. The number of aromatic nitrogens is 5. The monoisotopic (exact) mass is 406 g/mol. The normalized spacial score (nSPS) is 16.0. The van der Waals surface area contributed by atoms with Crippen molar-refractivity contribution in [2.45, 2.75) is 32.2 Å². The molecule has 0 aliphatic heterocycles. The number of nitrogens with zero attached hydrogens (tertiary/aromatic N) is 4. The summed E-state index contributed by atoms with van der Waals surface area (Å²) in [5.41, 5.74) is 4.41. The molecule has 0 fully saturated rings. The number of aromatic amines is 1. The molecule has 4 aromatic rings. The highest BCUT2D eigenvalue weighted by Gasteiger charge is 2.27. The summed E-state index contributed by atoms with van der Waals surface area (Å²) in [6.45, 7) is 1.80. The number of para-hydroxylation sites is 2. The van der Waals surface area contributed by atoms with Crippen LogP contribution in [0.4, 0.5) is 0 Å². The average molecular weight is 407 g/mol. The van der Waals surface area contributed by atoms with E-state index in [1.807, 2.05) is 30.3 Å². The summed E-state index contributed by atoms with van der Waals surface area (Å²) in [6.07, 6.45) is 2.85. The Balaban J connectivity index is 1.50. The van der Waals surface area contributed by atoms with Crippen molar-refractivity contribution in [1.82, 2.24) is 30.5 Å². The molecule has 1 unspecified atom stereocenters. The molecule has 0 spiro atoms. The molecule has 7 nitrogen and oxygen atoms in total. The van der Waals surface area contributed by atoms with Crippen molar-refractivity contribution in [3.8, 4) is 5.69 Å². The van der Waals surface area contributed by atoms with Gasteiger partial charge in [0.15, 0.2) is 5.82 Å². The van der Waals surface area contributed by atoms with Crippen molar-refractivity contribution < 1.29 is 4.79 Å². The number of carbonyl (C=O) groups is 1. The number of halogens is 1. The second kappa shape index (κ2) is 7.00. The first-order chi connectivity index (χ1) is 14.1. The van der Waals surface area contributed by atoms with Crippen molar-refractivity contribution in [2.24, 2.45) is 0 Å². The molecule has 146 valence electrons. The van der Waals surface area contributed by atoms with E-state index in [-0.39, 0.29) is 11.9 Å². The maximum atomic E-state index is 13.2. The van der Waals surface area contributed by atoms with Crippen LogP contribution in [0.5, 0.6) is 0 Å². The lowest BCUT2D eigenvalue weighted by Gasteiger charge is -2.24. The van der Waals surface area contributed by atoms with Crippen LogP contribution < -0.4 is 5.32 Å². The summed E-state index contributed by atoms with van der Waals surface area (Å²) in [4.78, 5) is 16.7. The van der Waals surface area contributed by atoms with Crippen molar-refractivity contribution >= 4 is 28.4 Å². The Morgan fingerprint density at radius 2 is 2.10 bits per heavy atom. The predicted octanol–water partition coefficient (Wildman–Crippen LogP) is 3.91.